The van der Waals surface area contributed by atoms with Gasteiger partial charge in [0.15, 0.2) is 6.10 Å². The average Bonchev–Trinajstić information content (AvgIpc) is 2.53. The van der Waals surface area contributed by atoms with Crippen LogP contribution in [0, 0.1) is 5.82 Å². The number of nitrogens with one attached hydrogen (secondary N) is 1. The van der Waals surface area contributed by atoms with E-state index in [0.717, 1.165) is 18.2 Å². The Bertz CT molecular complexity index is 745. The summed E-state index contributed by atoms with van der Waals surface area (Å²) in [6.07, 6.45) is 0.705. The number of primary amides is 1. The van der Waals surface area contributed by atoms with Gasteiger partial charge in [-0.2, -0.15) is 16.5 Å². The number of benzene rings is 1. The molecule has 2 atom stereocenters. The Morgan fingerprint density at radius 3 is 2.60 bits per heavy atom. The Balaban J connectivity index is 3.00. The minimum Gasteiger partial charge on any atom is -0.451 e. The molecule has 2 unspecified atom stereocenters. The molecule has 25 heavy (non-hydrogen) atoms. The smallest absolute Gasteiger partial charge is 0.324 e. The minimum atomic E-state index is -4.16. The van der Waals surface area contributed by atoms with Gasteiger partial charge in [0.25, 0.3) is 5.91 Å². The maximum absolute atomic E-state index is 13.2. The highest BCUT2D eigenvalue weighted by atomic mass is 35.5. The van der Waals surface area contributed by atoms with Gasteiger partial charge >= 0.3 is 5.97 Å². The summed E-state index contributed by atoms with van der Waals surface area (Å²) < 4.78 is 45.0. The van der Waals surface area contributed by atoms with Gasteiger partial charge in [0, 0.05) is 0 Å². The number of carbonyl (C=O) groups is 2. The molecule has 0 saturated heterocycles. The summed E-state index contributed by atoms with van der Waals surface area (Å²) in [6, 6.07) is 1.62. The van der Waals surface area contributed by atoms with Crippen molar-refractivity contribution in [3.63, 3.8) is 0 Å². The molecule has 1 aromatic carbocycles. The van der Waals surface area contributed by atoms with Gasteiger partial charge in [0.2, 0.25) is 10.0 Å². The Morgan fingerprint density at radius 1 is 1.44 bits per heavy atom. The predicted molar refractivity (Wildman–Crippen MR) is 93.3 cm³/mol. The lowest BCUT2D eigenvalue weighted by molar-refractivity contribution is -0.155. The number of carbonyl (C=O) groups excluding carboxylic acids is 2. The first-order valence-corrected chi connectivity index (χ1v) is 10.3. The number of nitrogens with two attached hydrogens (primary N) is 1. The highest BCUT2D eigenvalue weighted by molar-refractivity contribution is 7.98. The highest BCUT2D eigenvalue weighted by Gasteiger charge is 2.29. The molecule has 1 amide bonds. The molecule has 0 spiro atoms. The number of ether oxygens (including phenoxy) is 1. The van der Waals surface area contributed by atoms with Crippen molar-refractivity contribution >= 4 is 45.3 Å². The van der Waals surface area contributed by atoms with Gasteiger partial charge in [0.1, 0.15) is 11.9 Å². The van der Waals surface area contributed by atoms with Crippen LogP contribution >= 0.6 is 23.4 Å². The Labute approximate surface area is 154 Å². The van der Waals surface area contributed by atoms with Crippen molar-refractivity contribution in [1.29, 1.82) is 0 Å². The molecule has 0 aromatic heterocycles. The number of sulfonamides is 1. The number of hydrogen-bond donors (Lipinski definition) is 2. The number of esters is 1. The van der Waals surface area contributed by atoms with Crippen LogP contribution in [0.2, 0.25) is 5.02 Å². The molecule has 0 aliphatic rings. The van der Waals surface area contributed by atoms with Crippen molar-refractivity contribution in [3.05, 3.63) is 29.0 Å². The second-order valence-electron chi connectivity index (χ2n) is 5.01. The van der Waals surface area contributed by atoms with Gasteiger partial charge in [-0.3, -0.25) is 9.59 Å². The molecular weight excluding hydrogens is 395 g/mol. The first-order valence-electron chi connectivity index (χ1n) is 7.04. The van der Waals surface area contributed by atoms with E-state index in [0.29, 0.717) is 5.75 Å². The fourth-order valence-electron chi connectivity index (χ4n) is 1.67. The topological polar surface area (TPSA) is 116 Å². The zero-order chi connectivity index (χ0) is 19.2. The van der Waals surface area contributed by atoms with Crippen LogP contribution in [-0.2, 0) is 24.3 Å². The molecule has 0 fully saturated rings. The van der Waals surface area contributed by atoms with E-state index in [1.165, 1.54) is 18.7 Å². The Kier molecular flexibility index (Phi) is 8.13. The molecule has 7 nitrogen and oxygen atoms in total. The van der Waals surface area contributed by atoms with Crippen LogP contribution in [0.5, 0.6) is 0 Å². The fourth-order valence-corrected chi connectivity index (χ4v) is 3.64. The van der Waals surface area contributed by atoms with Gasteiger partial charge < -0.3 is 10.5 Å². The quantitative estimate of drug-likeness (QED) is 0.590. The van der Waals surface area contributed by atoms with Crippen molar-refractivity contribution in [2.75, 3.05) is 12.0 Å². The maximum atomic E-state index is 13.2. The third kappa shape index (κ3) is 6.46. The first-order chi connectivity index (χ1) is 11.6. The van der Waals surface area contributed by atoms with Crippen molar-refractivity contribution in [2.45, 2.75) is 30.4 Å². The second-order valence-corrected chi connectivity index (χ2v) is 8.12. The largest absolute Gasteiger partial charge is 0.451 e. The first kappa shape index (κ1) is 21.7. The fraction of sp³-hybridized carbons (Fsp3) is 0.429. The normalized spacial score (nSPS) is 13.9. The SMILES string of the molecule is CSCCC(NS(=O)(=O)c1ccc(F)c(Cl)c1)C(=O)OC(C)C(N)=O. The summed E-state index contributed by atoms with van der Waals surface area (Å²) in [5.41, 5.74) is 5.02. The van der Waals surface area contributed by atoms with E-state index in [2.05, 4.69) is 4.72 Å². The molecule has 1 rings (SSSR count). The van der Waals surface area contributed by atoms with Crippen LogP contribution in [0.3, 0.4) is 0 Å². The van der Waals surface area contributed by atoms with E-state index < -0.39 is 39.9 Å². The third-order valence-corrected chi connectivity index (χ3v) is 5.49. The number of thioether (sulfide) groups is 1. The summed E-state index contributed by atoms with van der Waals surface area (Å²) in [5, 5.41) is -0.367. The van der Waals surface area contributed by atoms with E-state index in [1.807, 2.05) is 0 Å². The monoisotopic (exact) mass is 412 g/mol. The number of amides is 1. The average molecular weight is 413 g/mol. The molecular formula is C14H18ClFN2O5S2. The summed E-state index contributed by atoms with van der Waals surface area (Å²) in [6.45, 7) is 1.28. The maximum Gasteiger partial charge on any atom is 0.324 e. The van der Waals surface area contributed by atoms with Crippen LogP contribution in [0.25, 0.3) is 0 Å². The van der Waals surface area contributed by atoms with Crippen LogP contribution in [0.1, 0.15) is 13.3 Å². The van der Waals surface area contributed by atoms with E-state index >= 15 is 0 Å². The molecule has 0 heterocycles. The molecule has 0 bridgehead atoms. The third-order valence-electron chi connectivity index (χ3n) is 3.09. The number of hydrogen-bond acceptors (Lipinski definition) is 6. The van der Waals surface area contributed by atoms with Crippen LogP contribution < -0.4 is 10.5 Å². The standard InChI is InChI=1S/C14H18ClFN2O5S2/c1-8(13(17)19)23-14(20)12(5-6-24-2)18-25(21,22)9-3-4-11(16)10(15)7-9/h3-4,7-8,12,18H,5-6H2,1-2H3,(H2,17,19). The lowest BCUT2D eigenvalue weighted by Crippen LogP contribution is -2.44. The second kappa shape index (κ2) is 9.37. The van der Waals surface area contributed by atoms with Crippen molar-refractivity contribution in [3.8, 4) is 0 Å². The Hall–Kier alpha value is -1.36. The summed E-state index contributed by atoms with van der Waals surface area (Å²) >= 11 is 6.99. The van der Waals surface area contributed by atoms with E-state index in [4.69, 9.17) is 22.1 Å². The Morgan fingerprint density at radius 2 is 2.08 bits per heavy atom. The highest BCUT2D eigenvalue weighted by Crippen LogP contribution is 2.20. The minimum absolute atomic E-state index is 0.125. The van der Waals surface area contributed by atoms with Gasteiger partial charge in [0.05, 0.1) is 9.92 Å². The number of rotatable bonds is 9. The van der Waals surface area contributed by atoms with Crippen molar-refractivity contribution < 1.29 is 27.1 Å². The van der Waals surface area contributed by atoms with Crippen molar-refractivity contribution in [1.82, 2.24) is 4.72 Å². The molecule has 0 saturated carbocycles. The number of halogens is 2. The molecule has 0 aliphatic heterocycles. The zero-order valence-corrected chi connectivity index (χ0v) is 15.9. The molecule has 0 radical (unpaired) electrons. The van der Waals surface area contributed by atoms with E-state index in [1.54, 1.807) is 6.26 Å². The van der Waals surface area contributed by atoms with Gasteiger partial charge in [-0.15, -0.1) is 0 Å². The lowest BCUT2D eigenvalue weighted by Gasteiger charge is -2.19. The van der Waals surface area contributed by atoms with Gasteiger partial charge in [-0.05, 0) is 43.6 Å². The van der Waals surface area contributed by atoms with Crippen LogP contribution in [0.4, 0.5) is 4.39 Å². The van der Waals surface area contributed by atoms with E-state index in [-0.39, 0.29) is 16.3 Å². The van der Waals surface area contributed by atoms with E-state index in [9.17, 15) is 22.4 Å². The summed E-state index contributed by atoms with van der Waals surface area (Å²) in [7, 11) is -4.16. The lowest BCUT2D eigenvalue weighted by atomic mass is 10.2. The summed E-state index contributed by atoms with van der Waals surface area (Å²) in [5.74, 6) is -2.10. The van der Waals surface area contributed by atoms with Gasteiger partial charge in [-0.1, -0.05) is 11.6 Å². The zero-order valence-electron chi connectivity index (χ0n) is 13.5. The van der Waals surface area contributed by atoms with Gasteiger partial charge in [-0.25, -0.2) is 12.8 Å². The van der Waals surface area contributed by atoms with Crippen molar-refractivity contribution in [2.24, 2.45) is 5.73 Å². The molecule has 3 N–H and O–H groups in total. The van der Waals surface area contributed by atoms with Crippen LogP contribution in [-0.4, -0.2) is 44.4 Å². The molecule has 1 aromatic rings. The summed E-state index contributed by atoms with van der Waals surface area (Å²) in [4.78, 5) is 22.8. The predicted octanol–water partition coefficient (Wildman–Crippen LogP) is 1.30. The molecule has 11 heteroatoms. The molecule has 0 aliphatic carbocycles. The van der Waals surface area contributed by atoms with Crippen LogP contribution in [0.15, 0.2) is 23.1 Å². The molecule has 140 valence electrons.